The fourth-order valence-corrected chi connectivity index (χ4v) is 4.55. The first-order valence-electron chi connectivity index (χ1n) is 16.0. The Kier molecular flexibility index (Phi) is 28.3. The van der Waals surface area contributed by atoms with Crippen molar-refractivity contribution in [3.8, 4) is 0 Å². The predicted octanol–water partition coefficient (Wildman–Crippen LogP) is 10.7. The van der Waals surface area contributed by atoms with E-state index in [0.717, 1.165) is 57.8 Å². The van der Waals surface area contributed by atoms with E-state index in [0.29, 0.717) is 12.8 Å². The number of carbonyl (C=O) groups excluding carboxylic acids is 1. The van der Waals surface area contributed by atoms with Gasteiger partial charge in [0.2, 0.25) is 0 Å². The summed E-state index contributed by atoms with van der Waals surface area (Å²) in [6, 6.07) is 0. The molecule has 1 atom stereocenters. The van der Waals surface area contributed by atoms with Crippen LogP contribution >= 0.6 is 0 Å². The molecule has 0 spiro atoms. The van der Waals surface area contributed by atoms with Crippen LogP contribution in [0.1, 0.15) is 162 Å². The van der Waals surface area contributed by atoms with E-state index < -0.39 is 5.97 Å². The molecule has 0 bridgehead atoms. The van der Waals surface area contributed by atoms with E-state index in [1.165, 1.54) is 70.6 Å². The summed E-state index contributed by atoms with van der Waals surface area (Å²) in [4.78, 5) is 23.2. The van der Waals surface area contributed by atoms with Gasteiger partial charge in [-0.05, 0) is 70.6 Å². The highest BCUT2D eigenvalue weighted by atomic mass is 16.5. The molecule has 0 aromatic rings. The maximum absolute atomic E-state index is 12.4. The summed E-state index contributed by atoms with van der Waals surface area (Å²) < 4.78 is 5.81. The fourth-order valence-electron chi connectivity index (χ4n) is 4.55. The largest absolute Gasteiger partial charge is 0.481 e. The molecule has 220 valence electrons. The van der Waals surface area contributed by atoms with E-state index in [-0.39, 0.29) is 18.5 Å². The molecule has 38 heavy (non-hydrogen) atoms. The van der Waals surface area contributed by atoms with Crippen LogP contribution in [0.2, 0.25) is 0 Å². The van der Waals surface area contributed by atoms with Crippen LogP contribution in [-0.2, 0) is 14.3 Å². The molecule has 0 aliphatic heterocycles. The van der Waals surface area contributed by atoms with Crippen molar-refractivity contribution in [2.75, 3.05) is 0 Å². The highest BCUT2D eigenvalue weighted by molar-refractivity contribution is 5.69. The first kappa shape index (κ1) is 36.2. The van der Waals surface area contributed by atoms with Crippen LogP contribution in [0, 0.1) is 0 Å². The standard InChI is InChI=1S/C34H60O4/c1-3-5-7-9-11-12-13-14-15-16-17-18-19-20-21-23-25-31-34(37)38-32(29-26-27-30-33(35)36)28-24-22-10-8-6-4-2/h5,7,11-12,14-15,32H,3-4,6,8-10,13,16-31H2,1-2H3,(H,35,36)/b7-5-,12-11-,15-14-. The lowest BCUT2D eigenvalue weighted by Gasteiger charge is -2.18. The van der Waals surface area contributed by atoms with Gasteiger partial charge < -0.3 is 9.84 Å². The average molecular weight is 533 g/mol. The molecular weight excluding hydrogens is 472 g/mol. The Labute approximate surface area is 235 Å². The molecule has 0 amide bonds. The lowest BCUT2D eigenvalue weighted by Crippen LogP contribution is -2.18. The van der Waals surface area contributed by atoms with E-state index in [2.05, 4.69) is 50.3 Å². The van der Waals surface area contributed by atoms with Gasteiger partial charge in [-0.1, -0.05) is 115 Å². The molecule has 1 unspecified atom stereocenters. The minimum atomic E-state index is -0.749. The van der Waals surface area contributed by atoms with Gasteiger partial charge in [0.15, 0.2) is 0 Å². The maximum Gasteiger partial charge on any atom is 0.306 e. The fraction of sp³-hybridized carbons (Fsp3) is 0.765. The second kappa shape index (κ2) is 29.7. The SMILES string of the molecule is CC/C=C\C/C=C\C/C=C\CCCCCCCCCC(=O)OC(CCCCCCCC)CCCCC(=O)O. The predicted molar refractivity (Wildman–Crippen MR) is 162 cm³/mol. The van der Waals surface area contributed by atoms with Crippen molar-refractivity contribution in [1.29, 1.82) is 0 Å². The highest BCUT2D eigenvalue weighted by Crippen LogP contribution is 2.17. The van der Waals surface area contributed by atoms with Crippen molar-refractivity contribution in [1.82, 2.24) is 0 Å². The number of ether oxygens (including phenoxy) is 1. The summed E-state index contributed by atoms with van der Waals surface area (Å²) in [5, 5.41) is 8.85. The molecule has 0 aliphatic carbocycles. The van der Waals surface area contributed by atoms with Gasteiger partial charge in [0.05, 0.1) is 0 Å². The van der Waals surface area contributed by atoms with Gasteiger partial charge in [0.1, 0.15) is 6.10 Å². The van der Waals surface area contributed by atoms with Crippen molar-refractivity contribution in [3.63, 3.8) is 0 Å². The summed E-state index contributed by atoms with van der Waals surface area (Å²) in [5.41, 5.74) is 0. The summed E-state index contributed by atoms with van der Waals surface area (Å²) in [7, 11) is 0. The maximum atomic E-state index is 12.4. The zero-order chi connectivity index (χ0) is 27.9. The van der Waals surface area contributed by atoms with E-state index in [1.54, 1.807) is 0 Å². The summed E-state index contributed by atoms with van der Waals surface area (Å²) in [6.45, 7) is 4.38. The number of allylic oxidation sites excluding steroid dienone is 6. The van der Waals surface area contributed by atoms with Gasteiger partial charge in [0.25, 0.3) is 0 Å². The zero-order valence-electron chi connectivity index (χ0n) is 25.0. The molecule has 0 saturated heterocycles. The van der Waals surface area contributed by atoms with E-state index in [9.17, 15) is 9.59 Å². The Morgan fingerprint density at radius 1 is 0.605 bits per heavy atom. The molecule has 0 fully saturated rings. The molecule has 0 saturated carbocycles. The van der Waals surface area contributed by atoms with Crippen LogP contribution in [0.15, 0.2) is 36.5 Å². The van der Waals surface area contributed by atoms with E-state index >= 15 is 0 Å². The lowest BCUT2D eigenvalue weighted by atomic mass is 10.0. The number of carboxylic acid groups (broad SMARTS) is 1. The van der Waals surface area contributed by atoms with Crippen LogP contribution in [0.5, 0.6) is 0 Å². The number of esters is 1. The Morgan fingerprint density at radius 3 is 1.74 bits per heavy atom. The molecule has 0 heterocycles. The van der Waals surface area contributed by atoms with Crippen molar-refractivity contribution >= 4 is 11.9 Å². The molecule has 0 radical (unpaired) electrons. The molecule has 0 rings (SSSR count). The lowest BCUT2D eigenvalue weighted by molar-refractivity contribution is -0.150. The minimum Gasteiger partial charge on any atom is -0.481 e. The third-order valence-corrected chi connectivity index (χ3v) is 6.88. The van der Waals surface area contributed by atoms with Crippen LogP contribution in [0.4, 0.5) is 0 Å². The number of rotatable bonds is 28. The van der Waals surface area contributed by atoms with Gasteiger partial charge in [-0.3, -0.25) is 9.59 Å². The number of unbranched alkanes of at least 4 members (excludes halogenated alkanes) is 13. The number of hydrogen-bond acceptors (Lipinski definition) is 3. The smallest absolute Gasteiger partial charge is 0.306 e. The van der Waals surface area contributed by atoms with Crippen molar-refractivity contribution in [2.24, 2.45) is 0 Å². The molecule has 0 aromatic carbocycles. The number of carbonyl (C=O) groups is 2. The zero-order valence-corrected chi connectivity index (χ0v) is 25.0. The van der Waals surface area contributed by atoms with Gasteiger partial charge >= 0.3 is 11.9 Å². The molecule has 0 aliphatic rings. The van der Waals surface area contributed by atoms with Gasteiger partial charge in [-0.15, -0.1) is 0 Å². The molecule has 4 heteroatoms. The van der Waals surface area contributed by atoms with Crippen LogP contribution in [-0.4, -0.2) is 23.1 Å². The quantitative estimate of drug-likeness (QED) is 0.0618. The van der Waals surface area contributed by atoms with Crippen LogP contribution in [0.25, 0.3) is 0 Å². The third-order valence-electron chi connectivity index (χ3n) is 6.88. The van der Waals surface area contributed by atoms with Gasteiger partial charge in [0, 0.05) is 12.8 Å². The molecule has 4 nitrogen and oxygen atoms in total. The number of aliphatic carboxylic acids is 1. The molecule has 1 N–H and O–H groups in total. The Bertz CT molecular complexity index is 620. The second-order valence-electron chi connectivity index (χ2n) is 10.6. The second-order valence-corrected chi connectivity index (χ2v) is 10.6. The summed E-state index contributed by atoms with van der Waals surface area (Å²) >= 11 is 0. The number of hydrogen-bond donors (Lipinski definition) is 1. The topological polar surface area (TPSA) is 63.6 Å². The normalized spacial score (nSPS) is 12.7. The van der Waals surface area contributed by atoms with Gasteiger partial charge in [-0.2, -0.15) is 0 Å². The minimum absolute atomic E-state index is 0.0458. The molecule has 0 aromatic heterocycles. The summed E-state index contributed by atoms with van der Waals surface area (Å²) in [6.07, 6.45) is 37.3. The number of carboxylic acids is 1. The van der Waals surface area contributed by atoms with Crippen LogP contribution < -0.4 is 0 Å². The van der Waals surface area contributed by atoms with E-state index in [1.807, 2.05) is 0 Å². The Morgan fingerprint density at radius 2 is 1.11 bits per heavy atom. The molecular formula is C34H60O4. The van der Waals surface area contributed by atoms with Crippen molar-refractivity contribution < 1.29 is 19.4 Å². The average Bonchev–Trinajstić information content (AvgIpc) is 2.90. The first-order valence-corrected chi connectivity index (χ1v) is 16.0. The Hall–Kier alpha value is -1.84. The van der Waals surface area contributed by atoms with Gasteiger partial charge in [-0.25, -0.2) is 0 Å². The highest BCUT2D eigenvalue weighted by Gasteiger charge is 2.14. The first-order chi connectivity index (χ1) is 18.6. The van der Waals surface area contributed by atoms with Crippen LogP contribution in [0.3, 0.4) is 0 Å². The third kappa shape index (κ3) is 28.7. The van der Waals surface area contributed by atoms with E-state index in [4.69, 9.17) is 9.84 Å². The van der Waals surface area contributed by atoms with Crippen molar-refractivity contribution in [3.05, 3.63) is 36.5 Å². The Balaban J connectivity index is 3.83. The summed E-state index contributed by atoms with van der Waals surface area (Å²) in [5.74, 6) is -0.820. The van der Waals surface area contributed by atoms with Crippen molar-refractivity contribution in [2.45, 2.75) is 168 Å². The monoisotopic (exact) mass is 532 g/mol.